The van der Waals surface area contributed by atoms with Gasteiger partial charge in [0.15, 0.2) is 0 Å². The fourth-order valence-electron chi connectivity index (χ4n) is 4.67. The van der Waals surface area contributed by atoms with E-state index in [2.05, 4.69) is 22.2 Å². The molecule has 2 atom stereocenters. The summed E-state index contributed by atoms with van der Waals surface area (Å²) in [6.07, 6.45) is 3.73. The first-order valence-corrected chi connectivity index (χ1v) is 11.6. The summed E-state index contributed by atoms with van der Waals surface area (Å²) in [5.41, 5.74) is 11.0. The smallest absolute Gasteiger partial charge is 0.254 e. The van der Waals surface area contributed by atoms with E-state index in [4.69, 9.17) is 22.3 Å². The number of carbonyl (C=O) groups is 1. The lowest BCUT2D eigenvalue weighted by atomic mass is 10.0. The van der Waals surface area contributed by atoms with Crippen molar-refractivity contribution < 1.29 is 4.79 Å². The maximum absolute atomic E-state index is 13.2. The van der Waals surface area contributed by atoms with Gasteiger partial charge in [0.05, 0.1) is 22.6 Å². The van der Waals surface area contributed by atoms with E-state index in [1.165, 1.54) is 0 Å². The number of imidazole rings is 1. The first-order chi connectivity index (χ1) is 15.9. The number of nitrogens with two attached hydrogens (primary N) is 1. The number of halogens is 1. The second-order valence-electron chi connectivity index (χ2n) is 8.72. The van der Waals surface area contributed by atoms with Gasteiger partial charge in [0.1, 0.15) is 5.82 Å². The summed E-state index contributed by atoms with van der Waals surface area (Å²) in [5.74, 6) is 0.861. The fourth-order valence-corrected chi connectivity index (χ4v) is 4.84. The lowest BCUT2D eigenvalue weighted by Gasteiger charge is -2.24. The van der Waals surface area contributed by atoms with Gasteiger partial charge in [0.2, 0.25) is 0 Å². The number of benzene rings is 2. The summed E-state index contributed by atoms with van der Waals surface area (Å²) in [6, 6.07) is 11.6. The monoisotopic (exact) mass is 462 g/mol. The number of likely N-dealkylation sites (tertiary alicyclic amines) is 1. The SMILES string of the molecule is Cc1cc2c(N[C@@H](C)c3nc4ccc(Cl)cc4[nH]3)ccnc2cc1C(=O)N1CCC[C@@H]1CN. The second kappa shape index (κ2) is 8.65. The van der Waals surface area contributed by atoms with Crippen molar-refractivity contribution in [3.63, 3.8) is 0 Å². The lowest BCUT2D eigenvalue weighted by molar-refractivity contribution is 0.0740. The van der Waals surface area contributed by atoms with Crippen molar-refractivity contribution in [2.24, 2.45) is 5.73 Å². The van der Waals surface area contributed by atoms with Crippen LogP contribution in [0.25, 0.3) is 21.9 Å². The topological polar surface area (TPSA) is 99.9 Å². The number of nitrogens with zero attached hydrogens (tertiary/aromatic N) is 3. The number of aromatic amines is 1. The molecule has 4 aromatic rings. The normalized spacial score (nSPS) is 17.1. The number of nitrogens with one attached hydrogen (secondary N) is 2. The molecule has 0 radical (unpaired) electrons. The van der Waals surface area contributed by atoms with Crippen LogP contribution in [0.4, 0.5) is 5.69 Å². The first kappa shape index (κ1) is 21.7. The van der Waals surface area contributed by atoms with Crippen molar-refractivity contribution in [1.29, 1.82) is 0 Å². The highest BCUT2D eigenvalue weighted by molar-refractivity contribution is 6.31. The molecule has 0 bridgehead atoms. The Morgan fingerprint density at radius 3 is 2.97 bits per heavy atom. The van der Waals surface area contributed by atoms with Crippen LogP contribution in [-0.2, 0) is 0 Å². The molecule has 1 aliphatic rings. The summed E-state index contributed by atoms with van der Waals surface area (Å²) < 4.78 is 0. The minimum atomic E-state index is -0.0710. The lowest BCUT2D eigenvalue weighted by Crippen LogP contribution is -2.40. The second-order valence-corrected chi connectivity index (χ2v) is 9.16. The zero-order valence-electron chi connectivity index (χ0n) is 18.7. The molecular formula is C25H27ClN6O. The van der Waals surface area contributed by atoms with Crippen molar-refractivity contribution in [2.75, 3.05) is 18.4 Å². The first-order valence-electron chi connectivity index (χ1n) is 11.3. The molecule has 170 valence electrons. The molecule has 2 aromatic carbocycles. The van der Waals surface area contributed by atoms with Gasteiger partial charge in [-0.15, -0.1) is 0 Å². The van der Waals surface area contributed by atoms with Crippen LogP contribution in [-0.4, -0.2) is 44.9 Å². The van der Waals surface area contributed by atoms with Crippen molar-refractivity contribution in [3.05, 3.63) is 64.6 Å². The molecule has 5 rings (SSSR count). The van der Waals surface area contributed by atoms with E-state index in [0.717, 1.165) is 58.4 Å². The van der Waals surface area contributed by atoms with Crippen LogP contribution in [0.5, 0.6) is 0 Å². The number of carbonyl (C=O) groups excluding carboxylic acids is 1. The average molecular weight is 463 g/mol. The highest BCUT2D eigenvalue weighted by Crippen LogP contribution is 2.30. The molecule has 0 saturated carbocycles. The highest BCUT2D eigenvalue weighted by Gasteiger charge is 2.29. The molecule has 1 amide bonds. The predicted octanol–water partition coefficient (Wildman–Crippen LogP) is 4.81. The molecule has 2 aromatic heterocycles. The van der Waals surface area contributed by atoms with Crippen LogP contribution in [0, 0.1) is 6.92 Å². The van der Waals surface area contributed by atoms with E-state index < -0.39 is 0 Å². The Labute approximate surface area is 197 Å². The summed E-state index contributed by atoms with van der Waals surface area (Å²) >= 11 is 6.11. The van der Waals surface area contributed by atoms with Crippen LogP contribution in [0.15, 0.2) is 42.6 Å². The number of aryl methyl sites for hydroxylation is 1. The number of pyridine rings is 1. The van der Waals surface area contributed by atoms with Gasteiger partial charge in [-0.3, -0.25) is 9.78 Å². The third-order valence-corrected chi connectivity index (χ3v) is 6.71. The predicted molar refractivity (Wildman–Crippen MR) is 133 cm³/mol. The van der Waals surface area contributed by atoms with Gasteiger partial charge < -0.3 is 20.9 Å². The van der Waals surface area contributed by atoms with Crippen LogP contribution < -0.4 is 11.1 Å². The third-order valence-electron chi connectivity index (χ3n) is 6.47. The molecular weight excluding hydrogens is 436 g/mol. The Hall–Kier alpha value is -3.16. The zero-order valence-corrected chi connectivity index (χ0v) is 19.5. The standard InChI is InChI=1S/C25H27ClN6O/c1-14-10-19-20(29-15(2)24-30-21-6-5-16(26)11-23(21)31-24)7-8-28-22(19)12-18(14)25(33)32-9-3-4-17(32)13-27/h5-8,10-12,15,17H,3-4,9,13,27H2,1-2H3,(H,28,29)(H,30,31)/t15-,17+/m0/s1. The van der Waals surface area contributed by atoms with Crippen LogP contribution in [0.3, 0.4) is 0 Å². The number of anilines is 1. The maximum atomic E-state index is 13.2. The molecule has 0 spiro atoms. The summed E-state index contributed by atoms with van der Waals surface area (Å²) in [5, 5.41) is 5.18. The van der Waals surface area contributed by atoms with E-state index in [9.17, 15) is 4.79 Å². The van der Waals surface area contributed by atoms with Gasteiger partial charge >= 0.3 is 0 Å². The molecule has 0 aliphatic carbocycles. The minimum Gasteiger partial charge on any atom is -0.375 e. The highest BCUT2D eigenvalue weighted by atomic mass is 35.5. The van der Waals surface area contributed by atoms with Crippen molar-refractivity contribution >= 4 is 45.1 Å². The van der Waals surface area contributed by atoms with Crippen molar-refractivity contribution in [2.45, 2.75) is 38.8 Å². The minimum absolute atomic E-state index is 0.0387. The molecule has 1 aliphatic heterocycles. The molecule has 0 unspecified atom stereocenters. The van der Waals surface area contributed by atoms with E-state index >= 15 is 0 Å². The van der Waals surface area contributed by atoms with Gasteiger partial charge in [0, 0.05) is 47.0 Å². The van der Waals surface area contributed by atoms with Crippen LogP contribution >= 0.6 is 11.6 Å². The van der Waals surface area contributed by atoms with Gasteiger partial charge in [-0.2, -0.15) is 0 Å². The Morgan fingerprint density at radius 1 is 1.30 bits per heavy atom. The van der Waals surface area contributed by atoms with Gasteiger partial charge in [0.25, 0.3) is 5.91 Å². The van der Waals surface area contributed by atoms with Gasteiger partial charge in [-0.25, -0.2) is 4.98 Å². The Morgan fingerprint density at radius 2 is 2.15 bits per heavy atom. The molecule has 7 nitrogen and oxygen atoms in total. The number of amides is 1. The zero-order chi connectivity index (χ0) is 23.1. The van der Waals surface area contributed by atoms with E-state index in [1.807, 2.05) is 48.2 Å². The van der Waals surface area contributed by atoms with Crippen molar-refractivity contribution in [3.8, 4) is 0 Å². The van der Waals surface area contributed by atoms with Crippen LogP contribution in [0.1, 0.15) is 47.6 Å². The van der Waals surface area contributed by atoms with E-state index in [0.29, 0.717) is 17.1 Å². The fraction of sp³-hybridized carbons (Fsp3) is 0.320. The molecule has 8 heteroatoms. The van der Waals surface area contributed by atoms with Crippen LogP contribution in [0.2, 0.25) is 5.02 Å². The largest absolute Gasteiger partial charge is 0.375 e. The van der Waals surface area contributed by atoms with E-state index in [1.54, 1.807) is 6.20 Å². The van der Waals surface area contributed by atoms with Gasteiger partial charge in [-0.05, 0) is 68.7 Å². The third kappa shape index (κ3) is 4.03. The number of H-pyrrole nitrogens is 1. The Balaban J connectivity index is 1.45. The number of rotatable bonds is 5. The summed E-state index contributed by atoms with van der Waals surface area (Å²) in [6.45, 7) is 5.28. The summed E-state index contributed by atoms with van der Waals surface area (Å²) in [4.78, 5) is 27.7. The quantitative estimate of drug-likeness (QED) is 0.395. The van der Waals surface area contributed by atoms with E-state index in [-0.39, 0.29) is 18.0 Å². The van der Waals surface area contributed by atoms with Gasteiger partial charge in [-0.1, -0.05) is 11.6 Å². The molecule has 33 heavy (non-hydrogen) atoms. The average Bonchev–Trinajstić information content (AvgIpc) is 3.45. The molecule has 4 N–H and O–H groups in total. The number of fused-ring (bicyclic) bond motifs is 2. The number of hydrogen-bond donors (Lipinski definition) is 3. The Bertz CT molecular complexity index is 1350. The summed E-state index contributed by atoms with van der Waals surface area (Å²) in [7, 11) is 0. The Kier molecular flexibility index (Phi) is 5.68. The van der Waals surface area contributed by atoms with Crippen molar-refractivity contribution in [1.82, 2.24) is 19.9 Å². The number of hydrogen-bond acceptors (Lipinski definition) is 5. The molecule has 3 heterocycles. The molecule has 1 saturated heterocycles. The molecule has 1 fully saturated rings. The maximum Gasteiger partial charge on any atom is 0.254 e. The number of aromatic nitrogens is 3.